The van der Waals surface area contributed by atoms with Crippen LogP contribution in [0.15, 0.2) is 47.3 Å². The highest BCUT2D eigenvalue weighted by atomic mass is 35.6. The van der Waals surface area contributed by atoms with Gasteiger partial charge in [0, 0.05) is 55.0 Å². The first-order valence-corrected chi connectivity index (χ1v) is 10.8. The van der Waals surface area contributed by atoms with Gasteiger partial charge in [-0.2, -0.15) is 0 Å². The maximum atomic E-state index is 12.8. The van der Waals surface area contributed by atoms with Crippen molar-refractivity contribution in [1.29, 1.82) is 0 Å². The van der Waals surface area contributed by atoms with E-state index in [9.17, 15) is 19.7 Å². The molecule has 3 atom stereocenters. The standard InChI is InChI=1S/C20H19Cl3N4O4/c21-20(22,23)19(24-18(29)13-3-1-4-15(8-13)27(30)31)25-9-12-7-14(11-25)16-5-2-6-17(28)26(16)10-12/h1-6,8,12,14,19H,7,9-11H2,(H,24,29)/t12-,14-,19+/m1/s1. The highest BCUT2D eigenvalue weighted by Gasteiger charge is 2.44. The van der Waals surface area contributed by atoms with E-state index in [2.05, 4.69) is 5.32 Å². The van der Waals surface area contributed by atoms with Crippen molar-refractivity contribution in [3.63, 3.8) is 0 Å². The second-order valence-electron chi connectivity index (χ2n) is 7.88. The molecule has 8 nitrogen and oxygen atoms in total. The van der Waals surface area contributed by atoms with Gasteiger partial charge in [0.15, 0.2) is 0 Å². The number of aromatic nitrogens is 1. The molecule has 1 amide bonds. The number of nitrogens with zero attached hydrogens (tertiary/aromatic N) is 3. The molecule has 2 aromatic rings. The molecule has 3 heterocycles. The van der Waals surface area contributed by atoms with Crippen molar-refractivity contribution in [1.82, 2.24) is 14.8 Å². The molecule has 0 aliphatic carbocycles. The number of benzene rings is 1. The fourth-order valence-electron chi connectivity index (χ4n) is 4.49. The quantitative estimate of drug-likeness (QED) is 0.407. The lowest BCUT2D eigenvalue weighted by atomic mass is 9.83. The van der Waals surface area contributed by atoms with Gasteiger partial charge in [-0.05, 0) is 24.5 Å². The fraction of sp³-hybridized carbons (Fsp3) is 0.400. The molecule has 164 valence electrons. The van der Waals surface area contributed by atoms with Crippen molar-refractivity contribution in [2.45, 2.75) is 28.8 Å². The predicted octanol–water partition coefficient (Wildman–Crippen LogP) is 3.30. The minimum Gasteiger partial charge on any atom is -0.332 e. The molecule has 0 radical (unpaired) electrons. The van der Waals surface area contributed by atoms with Gasteiger partial charge in [0.05, 0.1) is 4.92 Å². The number of rotatable bonds is 4. The fourth-order valence-corrected chi connectivity index (χ4v) is 5.07. The molecule has 2 aliphatic rings. The molecule has 1 fully saturated rings. The lowest BCUT2D eigenvalue weighted by molar-refractivity contribution is -0.384. The van der Waals surface area contributed by atoms with Crippen LogP contribution in [-0.2, 0) is 6.54 Å². The number of hydrogen-bond acceptors (Lipinski definition) is 5. The second-order valence-corrected chi connectivity index (χ2v) is 10.2. The Morgan fingerprint density at radius 1 is 1.16 bits per heavy atom. The van der Waals surface area contributed by atoms with E-state index >= 15 is 0 Å². The zero-order chi connectivity index (χ0) is 22.3. The van der Waals surface area contributed by atoms with Crippen LogP contribution in [0.3, 0.4) is 0 Å². The average molecular weight is 486 g/mol. The Morgan fingerprint density at radius 3 is 2.61 bits per heavy atom. The van der Waals surface area contributed by atoms with Gasteiger partial charge in [-0.1, -0.05) is 46.9 Å². The summed E-state index contributed by atoms with van der Waals surface area (Å²) in [4.78, 5) is 37.4. The number of amides is 1. The largest absolute Gasteiger partial charge is 0.332 e. The molecule has 0 unspecified atom stereocenters. The van der Waals surface area contributed by atoms with Crippen LogP contribution in [-0.4, -0.2) is 43.3 Å². The van der Waals surface area contributed by atoms with Crippen LogP contribution < -0.4 is 10.9 Å². The van der Waals surface area contributed by atoms with Crippen LogP contribution in [0, 0.1) is 16.0 Å². The Morgan fingerprint density at radius 2 is 1.90 bits per heavy atom. The number of nitrogens with one attached hydrogen (secondary N) is 1. The van der Waals surface area contributed by atoms with Crippen molar-refractivity contribution in [3.8, 4) is 0 Å². The van der Waals surface area contributed by atoms with Crippen LogP contribution in [0.5, 0.6) is 0 Å². The van der Waals surface area contributed by atoms with E-state index in [0.29, 0.717) is 19.6 Å². The summed E-state index contributed by atoms with van der Waals surface area (Å²) in [6.45, 7) is 1.59. The molecule has 1 aromatic heterocycles. The van der Waals surface area contributed by atoms with Gasteiger partial charge in [0.25, 0.3) is 17.2 Å². The van der Waals surface area contributed by atoms with Gasteiger partial charge in [-0.3, -0.25) is 24.6 Å². The summed E-state index contributed by atoms with van der Waals surface area (Å²) in [6.07, 6.45) is -0.0396. The summed E-state index contributed by atoms with van der Waals surface area (Å²) in [7, 11) is 0. The smallest absolute Gasteiger partial charge is 0.270 e. The summed E-state index contributed by atoms with van der Waals surface area (Å²) in [5.74, 6) is -0.353. The number of pyridine rings is 1. The summed E-state index contributed by atoms with van der Waals surface area (Å²) in [6, 6.07) is 10.6. The van der Waals surface area contributed by atoms with E-state index in [4.69, 9.17) is 34.8 Å². The molecule has 0 saturated carbocycles. The number of hydrogen-bond donors (Lipinski definition) is 1. The van der Waals surface area contributed by atoms with Crippen molar-refractivity contribution in [2.75, 3.05) is 13.1 Å². The molecule has 11 heteroatoms. The van der Waals surface area contributed by atoms with E-state index in [1.807, 2.05) is 11.0 Å². The minimum absolute atomic E-state index is 0.0300. The van der Waals surface area contributed by atoms with Crippen molar-refractivity contribution >= 4 is 46.4 Å². The third-order valence-electron chi connectivity index (χ3n) is 5.77. The van der Waals surface area contributed by atoms with Crippen molar-refractivity contribution in [2.24, 2.45) is 5.92 Å². The summed E-state index contributed by atoms with van der Waals surface area (Å²) in [5.41, 5.74) is 0.800. The Balaban J connectivity index is 1.58. The average Bonchev–Trinajstić information content (AvgIpc) is 2.71. The number of nitro benzene ring substituents is 1. The molecular formula is C20H19Cl3N4O4. The molecule has 4 rings (SSSR count). The number of alkyl halides is 3. The third-order valence-corrected chi connectivity index (χ3v) is 6.39. The zero-order valence-corrected chi connectivity index (χ0v) is 18.5. The summed E-state index contributed by atoms with van der Waals surface area (Å²) >= 11 is 18.7. The SMILES string of the molecule is O=C(N[C@@H](N1C[C@H]2C[C@H](C1)c1cccc(=O)n1C2)C(Cl)(Cl)Cl)c1cccc([N+](=O)[O-])c1. The molecule has 1 N–H and O–H groups in total. The Labute approximate surface area is 192 Å². The highest BCUT2D eigenvalue weighted by molar-refractivity contribution is 6.68. The van der Waals surface area contributed by atoms with Crippen LogP contribution in [0.25, 0.3) is 0 Å². The van der Waals surface area contributed by atoms with E-state index in [0.717, 1.165) is 12.1 Å². The number of halogens is 3. The normalized spacial score (nSPS) is 21.8. The molecule has 31 heavy (non-hydrogen) atoms. The molecule has 1 saturated heterocycles. The van der Waals surface area contributed by atoms with E-state index in [1.165, 1.54) is 24.3 Å². The van der Waals surface area contributed by atoms with Crippen molar-refractivity contribution < 1.29 is 9.72 Å². The summed E-state index contributed by atoms with van der Waals surface area (Å²) in [5, 5.41) is 13.8. The first-order chi connectivity index (χ1) is 14.6. The molecule has 2 bridgehead atoms. The number of nitro groups is 1. The first-order valence-electron chi connectivity index (χ1n) is 9.69. The third kappa shape index (κ3) is 4.57. The van der Waals surface area contributed by atoms with Crippen molar-refractivity contribution in [3.05, 3.63) is 74.2 Å². The Kier molecular flexibility index (Phi) is 6.00. The Bertz CT molecular complexity index is 1080. The van der Waals surface area contributed by atoms with E-state index in [1.54, 1.807) is 16.7 Å². The lowest BCUT2D eigenvalue weighted by Gasteiger charge is -2.47. The van der Waals surface area contributed by atoms with Gasteiger partial charge in [-0.25, -0.2) is 0 Å². The number of non-ortho nitro benzene ring substituents is 1. The maximum absolute atomic E-state index is 12.8. The maximum Gasteiger partial charge on any atom is 0.270 e. The number of likely N-dealkylation sites (tertiary alicyclic amines) is 1. The van der Waals surface area contributed by atoms with E-state index < -0.39 is 20.8 Å². The van der Waals surface area contributed by atoms with Gasteiger partial charge in [0.2, 0.25) is 3.79 Å². The van der Waals surface area contributed by atoms with Crippen LogP contribution in [0.1, 0.15) is 28.4 Å². The van der Waals surface area contributed by atoms with Gasteiger partial charge in [0.1, 0.15) is 6.17 Å². The minimum atomic E-state index is -1.83. The second kappa shape index (κ2) is 8.43. The van der Waals surface area contributed by atoms with Gasteiger partial charge >= 0.3 is 0 Å². The Hall–Kier alpha value is -2.13. The molecular weight excluding hydrogens is 467 g/mol. The number of carbonyl (C=O) groups is 1. The highest BCUT2D eigenvalue weighted by Crippen LogP contribution is 2.40. The van der Waals surface area contributed by atoms with Gasteiger partial charge in [-0.15, -0.1) is 0 Å². The molecule has 2 aliphatic heterocycles. The number of fused-ring (bicyclic) bond motifs is 4. The zero-order valence-electron chi connectivity index (χ0n) is 16.2. The lowest BCUT2D eigenvalue weighted by Crippen LogP contribution is -2.60. The van der Waals surface area contributed by atoms with E-state index in [-0.39, 0.29) is 28.6 Å². The molecule has 1 aromatic carbocycles. The topological polar surface area (TPSA) is 97.5 Å². The number of carbonyl (C=O) groups excluding carboxylic acids is 1. The van der Waals surface area contributed by atoms with Crippen LogP contribution in [0.2, 0.25) is 0 Å². The summed E-state index contributed by atoms with van der Waals surface area (Å²) < 4.78 is -0.0411. The monoisotopic (exact) mass is 484 g/mol. The van der Waals surface area contributed by atoms with Gasteiger partial charge < -0.3 is 9.88 Å². The number of piperidine rings is 1. The van der Waals surface area contributed by atoms with Crippen LogP contribution >= 0.6 is 34.8 Å². The first kappa shape index (κ1) is 22.1. The van der Waals surface area contributed by atoms with Crippen LogP contribution in [0.4, 0.5) is 5.69 Å². The predicted molar refractivity (Wildman–Crippen MR) is 118 cm³/mol. The molecule has 0 spiro atoms.